The second-order valence-electron chi connectivity index (χ2n) is 3.60. The largest absolute Gasteiger partial charge is 0.469 e. The molecule has 0 aliphatic carbocycles. The average Bonchev–Trinajstić information content (AvgIpc) is 2.93. The third-order valence-corrected chi connectivity index (χ3v) is 3.20. The summed E-state index contributed by atoms with van der Waals surface area (Å²) >= 11 is 3.36. The van der Waals surface area contributed by atoms with Gasteiger partial charge < -0.3 is 4.42 Å². The van der Waals surface area contributed by atoms with Crippen LogP contribution in [-0.2, 0) is 13.0 Å². The van der Waals surface area contributed by atoms with E-state index in [2.05, 4.69) is 21.0 Å². The van der Waals surface area contributed by atoms with Gasteiger partial charge in [0.25, 0.3) is 0 Å². The molecule has 0 radical (unpaired) electrons. The SMILES string of the molecule is CCc1occc1C(=O)c1c(Br)cnn1CC. The Hall–Kier alpha value is -1.36. The van der Waals surface area contributed by atoms with Crippen LogP contribution in [0, 0.1) is 0 Å². The van der Waals surface area contributed by atoms with Gasteiger partial charge in [-0.2, -0.15) is 5.10 Å². The van der Waals surface area contributed by atoms with Gasteiger partial charge in [-0.05, 0) is 28.9 Å². The van der Waals surface area contributed by atoms with Crippen LogP contribution in [0.4, 0.5) is 0 Å². The second kappa shape index (κ2) is 4.87. The minimum atomic E-state index is -0.0539. The number of aromatic nitrogens is 2. The van der Waals surface area contributed by atoms with Crippen LogP contribution >= 0.6 is 15.9 Å². The molecule has 0 aliphatic heterocycles. The topological polar surface area (TPSA) is 48.0 Å². The smallest absolute Gasteiger partial charge is 0.215 e. The third kappa shape index (κ3) is 2.07. The molecule has 0 saturated heterocycles. The van der Waals surface area contributed by atoms with E-state index >= 15 is 0 Å². The molecule has 90 valence electrons. The van der Waals surface area contributed by atoms with Crippen LogP contribution in [0.25, 0.3) is 0 Å². The first-order valence-electron chi connectivity index (χ1n) is 5.51. The van der Waals surface area contributed by atoms with Gasteiger partial charge in [-0.3, -0.25) is 9.48 Å². The van der Waals surface area contributed by atoms with E-state index in [-0.39, 0.29) is 5.78 Å². The molecule has 0 aliphatic rings. The summed E-state index contributed by atoms with van der Waals surface area (Å²) in [6.07, 6.45) is 3.89. The highest BCUT2D eigenvalue weighted by Crippen LogP contribution is 2.22. The van der Waals surface area contributed by atoms with Gasteiger partial charge in [0.05, 0.1) is 22.5 Å². The number of aryl methyl sites for hydroxylation is 2. The van der Waals surface area contributed by atoms with Crippen molar-refractivity contribution < 1.29 is 9.21 Å². The van der Waals surface area contributed by atoms with Gasteiger partial charge in [0.15, 0.2) is 0 Å². The number of nitrogens with zero attached hydrogens (tertiary/aromatic N) is 2. The first-order valence-corrected chi connectivity index (χ1v) is 6.30. The maximum Gasteiger partial charge on any atom is 0.215 e. The molecule has 0 atom stereocenters. The Morgan fingerprint density at radius 2 is 2.29 bits per heavy atom. The Kier molecular flexibility index (Phi) is 3.47. The number of ketones is 1. The van der Waals surface area contributed by atoms with Gasteiger partial charge in [-0.25, -0.2) is 0 Å². The lowest BCUT2D eigenvalue weighted by Crippen LogP contribution is -2.11. The Bertz CT molecular complexity index is 542. The van der Waals surface area contributed by atoms with Crippen molar-refractivity contribution in [3.05, 3.63) is 40.0 Å². The monoisotopic (exact) mass is 296 g/mol. The molecule has 2 aromatic heterocycles. The highest BCUT2D eigenvalue weighted by Gasteiger charge is 2.21. The van der Waals surface area contributed by atoms with Crippen LogP contribution in [0.1, 0.15) is 35.7 Å². The van der Waals surface area contributed by atoms with Gasteiger partial charge in [0.1, 0.15) is 11.5 Å². The molecular weight excluding hydrogens is 284 g/mol. The minimum Gasteiger partial charge on any atom is -0.469 e. The number of carbonyl (C=O) groups is 1. The van der Waals surface area contributed by atoms with Crippen molar-refractivity contribution in [2.45, 2.75) is 26.8 Å². The molecule has 4 nitrogen and oxygen atoms in total. The molecular formula is C12H13BrN2O2. The van der Waals surface area contributed by atoms with Crippen LogP contribution in [0.3, 0.4) is 0 Å². The van der Waals surface area contributed by atoms with Crippen LogP contribution < -0.4 is 0 Å². The molecule has 2 rings (SSSR count). The number of rotatable bonds is 4. The third-order valence-electron chi connectivity index (χ3n) is 2.62. The van der Waals surface area contributed by atoms with Crippen molar-refractivity contribution >= 4 is 21.7 Å². The Labute approximate surface area is 108 Å². The van der Waals surface area contributed by atoms with E-state index in [1.54, 1.807) is 23.2 Å². The Balaban J connectivity index is 2.47. The lowest BCUT2D eigenvalue weighted by Gasteiger charge is -2.04. The van der Waals surface area contributed by atoms with E-state index in [9.17, 15) is 4.79 Å². The molecule has 2 aromatic rings. The van der Waals surface area contributed by atoms with Crippen molar-refractivity contribution in [3.8, 4) is 0 Å². The first kappa shape index (κ1) is 12.1. The number of halogens is 1. The number of carbonyl (C=O) groups excluding carboxylic acids is 1. The van der Waals surface area contributed by atoms with Crippen molar-refractivity contribution in [1.29, 1.82) is 0 Å². The highest BCUT2D eigenvalue weighted by atomic mass is 79.9. The van der Waals surface area contributed by atoms with Gasteiger partial charge in [0, 0.05) is 13.0 Å². The zero-order chi connectivity index (χ0) is 12.4. The van der Waals surface area contributed by atoms with Gasteiger partial charge >= 0.3 is 0 Å². The molecule has 0 N–H and O–H groups in total. The molecule has 5 heteroatoms. The first-order chi connectivity index (χ1) is 8.19. The summed E-state index contributed by atoms with van der Waals surface area (Å²) < 4.78 is 7.68. The fourth-order valence-corrected chi connectivity index (χ4v) is 2.25. The maximum atomic E-state index is 12.4. The summed E-state index contributed by atoms with van der Waals surface area (Å²) in [6.45, 7) is 4.57. The summed E-state index contributed by atoms with van der Waals surface area (Å²) in [5, 5.41) is 4.14. The average molecular weight is 297 g/mol. The number of hydrogen-bond donors (Lipinski definition) is 0. The summed E-state index contributed by atoms with van der Waals surface area (Å²) in [5.41, 5.74) is 1.19. The molecule has 0 spiro atoms. The molecule has 0 fully saturated rings. The molecule has 0 unspecified atom stereocenters. The van der Waals surface area contributed by atoms with E-state index < -0.39 is 0 Å². The number of furan rings is 1. The summed E-state index contributed by atoms with van der Waals surface area (Å²) in [6, 6.07) is 1.71. The van der Waals surface area contributed by atoms with Crippen molar-refractivity contribution in [1.82, 2.24) is 9.78 Å². The van der Waals surface area contributed by atoms with Crippen LogP contribution in [0.5, 0.6) is 0 Å². The molecule has 0 bridgehead atoms. The Morgan fingerprint density at radius 3 is 2.94 bits per heavy atom. The molecule has 0 amide bonds. The quantitative estimate of drug-likeness (QED) is 0.815. The summed E-state index contributed by atoms with van der Waals surface area (Å²) in [5.74, 6) is 0.660. The van der Waals surface area contributed by atoms with E-state index in [1.807, 2.05) is 13.8 Å². The fourth-order valence-electron chi connectivity index (χ4n) is 1.77. The van der Waals surface area contributed by atoms with E-state index in [0.717, 1.165) is 0 Å². The summed E-state index contributed by atoms with van der Waals surface area (Å²) in [4.78, 5) is 12.4. The van der Waals surface area contributed by atoms with E-state index in [4.69, 9.17) is 4.42 Å². The molecule has 17 heavy (non-hydrogen) atoms. The lowest BCUT2D eigenvalue weighted by atomic mass is 10.1. The van der Waals surface area contributed by atoms with Gasteiger partial charge in [-0.1, -0.05) is 6.92 Å². The zero-order valence-corrected chi connectivity index (χ0v) is 11.3. The Morgan fingerprint density at radius 1 is 1.53 bits per heavy atom. The maximum absolute atomic E-state index is 12.4. The molecule has 0 aromatic carbocycles. The van der Waals surface area contributed by atoms with Crippen LogP contribution in [0.2, 0.25) is 0 Å². The van der Waals surface area contributed by atoms with Crippen LogP contribution in [-0.4, -0.2) is 15.6 Å². The van der Waals surface area contributed by atoms with Crippen LogP contribution in [0.15, 0.2) is 27.4 Å². The normalized spacial score (nSPS) is 10.8. The zero-order valence-electron chi connectivity index (χ0n) is 9.74. The standard InChI is InChI=1S/C12H13BrN2O2/c1-3-10-8(5-6-17-10)12(16)11-9(13)7-14-15(11)4-2/h5-7H,3-4H2,1-2H3. The van der Waals surface area contributed by atoms with E-state index in [0.29, 0.717) is 34.5 Å². The molecule has 2 heterocycles. The van der Waals surface area contributed by atoms with Crippen molar-refractivity contribution in [3.63, 3.8) is 0 Å². The highest BCUT2D eigenvalue weighted by molar-refractivity contribution is 9.10. The fraction of sp³-hybridized carbons (Fsp3) is 0.333. The van der Waals surface area contributed by atoms with Gasteiger partial charge in [0.2, 0.25) is 5.78 Å². The van der Waals surface area contributed by atoms with Crippen molar-refractivity contribution in [2.75, 3.05) is 0 Å². The second-order valence-corrected chi connectivity index (χ2v) is 4.45. The van der Waals surface area contributed by atoms with Gasteiger partial charge in [-0.15, -0.1) is 0 Å². The molecule has 0 saturated carbocycles. The minimum absolute atomic E-state index is 0.0539. The predicted molar refractivity (Wildman–Crippen MR) is 67.1 cm³/mol. The number of hydrogen-bond acceptors (Lipinski definition) is 3. The van der Waals surface area contributed by atoms with Crippen molar-refractivity contribution in [2.24, 2.45) is 0 Å². The van der Waals surface area contributed by atoms with E-state index in [1.165, 1.54) is 0 Å². The lowest BCUT2D eigenvalue weighted by molar-refractivity contribution is 0.102. The summed E-state index contributed by atoms with van der Waals surface area (Å²) in [7, 11) is 0. The predicted octanol–water partition coefficient (Wildman–Crippen LogP) is 3.05.